The molecule has 244 valence electrons. The molecule has 0 spiro atoms. The molecule has 11 nitrogen and oxygen atoms in total. The molecule has 5 rings (SSSR count). The number of halogens is 3. The van der Waals surface area contributed by atoms with Crippen LogP contribution in [0, 0.1) is 5.92 Å². The van der Waals surface area contributed by atoms with Crippen LogP contribution in [0.2, 0.25) is 0 Å². The van der Waals surface area contributed by atoms with E-state index in [1.165, 1.54) is 24.4 Å². The molecular weight excluding hydrogens is 617 g/mol. The van der Waals surface area contributed by atoms with Gasteiger partial charge in [-0.3, -0.25) is 9.35 Å². The highest BCUT2D eigenvalue weighted by Gasteiger charge is 2.39. The van der Waals surface area contributed by atoms with Gasteiger partial charge in [0.15, 0.2) is 0 Å². The van der Waals surface area contributed by atoms with Crippen molar-refractivity contribution in [3.63, 3.8) is 0 Å². The van der Waals surface area contributed by atoms with Crippen LogP contribution in [0.3, 0.4) is 0 Å². The van der Waals surface area contributed by atoms with Gasteiger partial charge in [0.1, 0.15) is 23.0 Å². The zero-order valence-electron chi connectivity index (χ0n) is 24.8. The van der Waals surface area contributed by atoms with E-state index in [0.717, 1.165) is 25.7 Å². The Morgan fingerprint density at radius 3 is 2.60 bits per heavy atom. The number of nitrogens with one attached hydrogen (secondary N) is 1. The SMILES string of the molecule is CCC1[C@H](C)CC(COCc2c(-c3ccccc3OC(F)(F)F)noc2C2CC2)N1c1ccc(C(=O)NCCS(=O)(=O)O)cn1. The number of hydrogen-bond acceptors (Lipinski definition) is 9. The van der Waals surface area contributed by atoms with Gasteiger partial charge in [-0.1, -0.05) is 31.1 Å². The van der Waals surface area contributed by atoms with E-state index in [-0.39, 0.29) is 53.7 Å². The second-order valence-electron chi connectivity index (χ2n) is 11.4. The van der Waals surface area contributed by atoms with Gasteiger partial charge in [-0.25, -0.2) is 4.98 Å². The van der Waals surface area contributed by atoms with Gasteiger partial charge in [0.2, 0.25) is 0 Å². The van der Waals surface area contributed by atoms with E-state index in [9.17, 15) is 26.4 Å². The summed E-state index contributed by atoms with van der Waals surface area (Å²) >= 11 is 0. The minimum atomic E-state index is -4.87. The third-order valence-corrected chi connectivity index (χ3v) is 8.80. The van der Waals surface area contributed by atoms with Crippen molar-refractivity contribution in [2.75, 3.05) is 23.8 Å². The summed E-state index contributed by atoms with van der Waals surface area (Å²) in [6, 6.07) is 9.23. The molecule has 2 fully saturated rings. The number of pyridine rings is 1. The second kappa shape index (κ2) is 13.3. The Bertz CT molecular complexity index is 1590. The van der Waals surface area contributed by atoms with Crippen molar-refractivity contribution in [2.45, 2.75) is 70.5 Å². The molecule has 2 aromatic heterocycles. The first-order valence-electron chi connectivity index (χ1n) is 14.7. The molecule has 1 saturated heterocycles. The summed E-state index contributed by atoms with van der Waals surface area (Å²) < 4.78 is 86.2. The fourth-order valence-corrected chi connectivity index (χ4v) is 6.29. The molecule has 2 unspecified atom stereocenters. The van der Waals surface area contributed by atoms with E-state index >= 15 is 0 Å². The molecule has 3 aromatic rings. The predicted octanol–water partition coefficient (Wildman–Crippen LogP) is 5.34. The average Bonchev–Trinajstić information content (AvgIpc) is 3.65. The third-order valence-electron chi connectivity index (χ3n) is 8.08. The van der Waals surface area contributed by atoms with Crippen molar-refractivity contribution in [3.05, 3.63) is 59.5 Å². The first kappa shape index (κ1) is 32.7. The number of anilines is 1. The number of carbonyl (C=O) groups excluding carboxylic acids is 1. The van der Waals surface area contributed by atoms with Crippen molar-refractivity contribution >= 4 is 21.8 Å². The summed E-state index contributed by atoms with van der Waals surface area (Å²) in [5.74, 6) is 0.234. The van der Waals surface area contributed by atoms with Crippen LogP contribution >= 0.6 is 0 Å². The van der Waals surface area contributed by atoms with Crippen molar-refractivity contribution in [2.24, 2.45) is 5.92 Å². The van der Waals surface area contributed by atoms with Gasteiger partial charge in [-0.15, -0.1) is 13.2 Å². The Morgan fingerprint density at radius 2 is 1.96 bits per heavy atom. The molecule has 3 atom stereocenters. The Balaban J connectivity index is 1.31. The number of para-hydroxylation sites is 1. The number of alkyl halides is 3. The lowest BCUT2D eigenvalue weighted by Crippen LogP contribution is -2.40. The maximum atomic E-state index is 13.1. The predicted molar refractivity (Wildman–Crippen MR) is 157 cm³/mol. The molecule has 0 radical (unpaired) electrons. The molecule has 2 aliphatic rings. The first-order chi connectivity index (χ1) is 21.3. The van der Waals surface area contributed by atoms with Gasteiger partial charge in [0.25, 0.3) is 16.0 Å². The highest BCUT2D eigenvalue weighted by atomic mass is 32.2. The molecule has 1 saturated carbocycles. The highest BCUT2D eigenvalue weighted by Crippen LogP contribution is 2.46. The molecule has 45 heavy (non-hydrogen) atoms. The van der Waals surface area contributed by atoms with Crippen molar-refractivity contribution in [3.8, 4) is 17.0 Å². The molecule has 2 N–H and O–H groups in total. The number of carbonyl (C=O) groups is 1. The fraction of sp³-hybridized carbons (Fsp3) is 0.500. The Labute approximate surface area is 258 Å². The quantitative estimate of drug-likeness (QED) is 0.232. The second-order valence-corrected chi connectivity index (χ2v) is 13.0. The third kappa shape index (κ3) is 8.13. The largest absolute Gasteiger partial charge is 0.573 e. The Kier molecular flexibility index (Phi) is 9.70. The molecule has 1 aliphatic heterocycles. The van der Waals surface area contributed by atoms with Crippen LogP contribution in [0.15, 0.2) is 47.1 Å². The van der Waals surface area contributed by atoms with Gasteiger partial charge < -0.3 is 24.2 Å². The van der Waals surface area contributed by atoms with Gasteiger partial charge in [-0.2, -0.15) is 8.42 Å². The lowest BCUT2D eigenvalue weighted by atomic mass is 10.00. The van der Waals surface area contributed by atoms with E-state index in [1.54, 1.807) is 18.2 Å². The van der Waals surface area contributed by atoms with E-state index < -0.39 is 28.1 Å². The lowest BCUT2D eigenvalue weighted by molar-refractivity contribution is -0.274. The van der Waals surface area contributed by atoms with Crippen LogP contribution in [0.1, 0.15) is 67.1 Å². The number of ether oxygens (including phenoxy) is 2. The van der Waals surface area contributed by atoms with Crippen molar-refractivity contribution in [1.29, 1.82) is 0 Å². The molecule has 15 heteroatoms. The van der Waals surface area contributed by atoms with E-state index in [2.05, 4.69) is 38.9 Å². The number of nitrogens with zero attached hydrogens (tertiary/aromatic N) is 3. The van der Waals surface area contributed by atoms with Crippen LogP contribution in [-0.2, 0) is 21.5 Å². The fourth-order valence-electron chi connectivity index (χ4n) is 5.93. The van der Waals surface area contributed by atoms with E-state index in [4.69, 9.17) is 13.8 Å². The zero-order chi connectivity index (χ0) is 32.4. The summed E-state index contributed by atoms with van der Waals surface area (Å²) in [6.45, 7) is 4.38. The van der Waals surface area contributed by atoms with Crippen LogP contribution in [0.25, 0.3) is 11.3 Å². The maximum absolute atomic E-state index is 13.1. The minimum Gasteiger partial charge on any atom is -0.405 e. The summed E-state index contributed by atoms with van der Waals surface area (Å²) in [7, 11) is -4.20. The van der Waals surface area contributed by atoms with Crippen LogP contribution < -0.4 is 15.0 Å². The van der Waals surface area contributed by atoms with Gasteiger partial charge in [0.05, 0.1) is 30.6 Å². The molecule has 3 heterocycles. The first-order valence-corrected chi connectivity index (χ1v) is 16.3. The average molecular weight is 653 g/mol. The van der Waals surface area contributed by atoms with Gasteiger partial charge >= 0.3 is 6.36 Å². The normalized spacial score (nSPS) is 20.4. The number of aromatic nitrogens is 2. The number of rotatable bonds is 13. The minimum absolute atomic E-state index is 0.0691. The number of benzene rings is 1. The molecule has 1 amide bonds. The van der Waals surface area contributed by atoms with E-state index in [1.807, 2.05) is 0 Å². The van der Waals surface area contributed by atoms with Gasteiger partial charge in [0, 0.05) is 35.8 Å². The topological polar surface area (TPSA) is 144 Å². The summed E-state index contributed by atoms with van der Waals surface area (Å²) in [6.07, 6.45) is -0.00460. The smallest absolute Gasteiger partial charge is 0.405 e. The number of amides is 1. The summed E-state index contributed by atoms with van der Waals surface area (Å²) in [4.78, 5) is 19.1. The standard InChI is InChI=1S/C30H35F3N4O7S/c1-3-24-18(2)14-21(37(24)26-11-10-20(15-35-26)29(38)34-12-13-45(39,40)41)16-42-17-23-27(36-44-28(23)19-8-9-19)22-6-4-5-7-25(22)43-30(31,32)33/h4-7,10-11,15,18-19,21,24H,3,8-9,12-14,16-17H2,1-2H3,(H,34,38)(H,39,40,41)/t18-,21?,24?/m1/s1. The van der Waals surface area contributed by atoms with Crippen LogP contribution in [0.4, 0.5) is 19.0 Å². The van der Waals surface area contributed by atoms with Crippen molar-refractivity contribution < 1.29 is 44.9 Å². The molecule has 1 aromatic carbocycles. The summed E-state index contributed by atoms with van der Waals surface area (Å²) in [5, 5.41) is 6.59. The van der Waals surface area contributed by atoms with Crippen LogP contribution in [0.5, 0.6) is 5.75 Å². The Morgan fingerprint density at radius 1 is 1.20 bits per heavy atom. The zero-order valence-corrected chi connectivity index (χ0v) is 25.6. The maximum Gasteiger partial charge on any atom is 0.573 e. The lowest BCUT2D eigenvalue weighted by Gasteiger charge is -2.32. The van der Waals surface area contributed by atoms with Gasteiger partial charge in [-0.05, 0) is 55.9 Å². The number of hydrogen-bond donors (Lipinski definition) is 2. The van der Waals surface area contributed by atoms with Crippen LogP contribution in [-0.4, -0.2) is 66.4 Å². The molecule has 1 aliphatic carbocycles. The molecular formula is C30H35F3N4O7S. The van der Waals surface area contributed by atoms with Crippen molar-refractivity contribution in [1.82, 2.24) is 15.5 Å². The monoisotopic (exact) mass is 652 g/mol. The van der Waals surface area contributed by atoms with E-state index in [0.29, 0.717) is 29.7 Å². The molecule has 0 bridgehead atoms. The Hall–Kier alpha value is -3.69. The summed E-state index contributed by atoms with van der Waals surface area (Å²) in [5.41, 5.74) is 1.26. The highest BCUT2D eigenvalue weighted by molar-refractivity contribution is 7.85.